The molecule has 0 radical (unpaired) electrons. The van der Waals surface area contributed by atoms with Crippen molar-refractivity contribution in [1.29, 1.82) is 0 Å². The number of hydrogen-bond acceptors (Lipinski definition) is 7. The van der Waals surface area contributed by atoms with Gasteiger partial charge in [0, 0.05) is 24.1 Å². The van der Waals surface area contributed by atoms with Gasteiger partial charge in [0.05, 0.1) is 35.6 Å². The van der Waals surface area contributed by atoms with Gasteiger partial charge >= 0.3 is 17.9 Å². The number of benzene rings is 1. The summed E-state index contributed by atoms with van der Waals surface area (Å²) in [4.78, 5) is 45.4. The van der Waals surface area contributed by atoms with Crippen LogP contribution in [0.5, 0.6) is 0 Å². The van der Waals surface area contributed by atoms with E-state index in [0.29, 0.717) is 35.1 Å². The van der Waals surface area contributed by atoms with E-state index in [1.165, 1.54) is 0 Å². The number of fused-ring (bicyclic) bond motifs is 1. The third kappa shape index (κ3) is 4.98. The number of ether oxygens (including phenoxy) is 3. The van der Waals surface area contributed by atoms with Gasteiger partial charge in [0.25, 0.3) is 5.41 Å². The molecule has 0 amide bonds. The molecular weight excluding hydrogens is 507 g/mol. The predicted octanol–water partition coefficient (Wildman–Crippen LogP) is 5.07. The van der Waals surface area contributed by atoms with Gasteiger partial charge in [-0.25, -0.2) is 4.98 Å². The summed E-state index contributed by atoms with van der Waals surface area (Å²) >= 11 is 12.4. The van der Waals surface area contributed by atoms with Gasteiger partial charge < -0.3 is 18.8 Å². The lowest BCUT2D eigenvalue weighted by Crippen LogP contribution is -2.53. The molecule has 1 atom stereocenters. The second-order valence-electron chi connectivity index (χ2n) is 8.85. The monoisotopic (exact) mass is 538 g/mol. The summed E-state index contributed by atoms with van der Waals surface area (Å²) in [6, 6.07) is 5.33. The summed E-state index contributed by atoms with van der Waals surface area (Å²) in [5, 5.41) is 0.844. The quantitative estimate of drug-likeness (QED) is 0.236. The maximum absolute atomic E-state index is 13.5. The lowest BCUT2D eigenvalue weighted by Gasteiger charge is -2.33. The van der Waals surface area contributed by atoms with E-state index in [4.69, 9.17) is 42.4 Å². The Kier molecular flexibility index (Phi) is 9.06. The normalized spacial score (nSPS) is 15.1. The number of nitrogens with zero attached hydrogens (tertiary/aromatic N) is 2. The lowest BCUT2D eigenvalue weighted by atomic mass is 9.73. The Morgan fingerprint density at radius 1 is 1.00 bits per heavy atom. The van der Waals surface area contributed by atoms with E-state index in [0.717, 1.165) is 17.1 Å². The highest BCUT2D eigenvalue weighted by Crippen LogP contribution is 2.49. The summed E-state index contributed by atoms with van der Waals surface area (Å²) in [5.74, 6) is -3.02. The predicted molar refractivity (Wildman–Crippen MR) is 135 cm³/mol. The molecule has 0 N–H and O–H groups in total. The van der Waals surface area contributed by atoms with E-state index >= 15 is 0 Å². The van der Waals surface area contributed by atoms with Crippen molar-refractivity contribution in [1.82, 2.24) is 9.55 Å². The Balaban J connectivity index is 2.26. The largest absolute Gasteiger partial charge is 0.465 e. The van der Waals surface area contributed by atoms with Gasteiger partial charge in [-0.15, -0.1) is 0 Å². The van der Waals surface area contributed by atoms with Gasteiger partial charge in [-0.3, -0.25) is 14.4 Å². The van der Waals surface area contributed by atoms with Crippen LogP contribution < -0.4 is 0 Å². The van der Waals surface area contributed by atoms with Crippen LogP contribution in [0.15, 0.2) is 18.2 Å². The number of rotatable bonds is 10. The molecule has 0 saturated heterocycles. The molecule has 0 aliphatic heterocycles. The summed E-state index contributed by atoms with van der Waals surface area (Å²) in [6.45, 7) is 9.17. The number of hydrogen-bond donors (Lipinski definition) is 0. The van der Waals surface area contributed by atoms with Crippen LogP contribution in [0.1, 0.15) is 75.7 Å². The minimum absolute atomic E-state index is 0.0151. The maximum atomic E-state index is 13.5. The number of carbonyl (C=O) groups excluding carboxylic acids is 3. The molecule has 0 bridgehead atoms. The summed E-state index contributed by atoms with van der Waals surface area (Å²) in [5.41, 5.74) is -0.104. The fourth-order valence-electron chi connectivity index (χ4n) is 4.79. The third-order valence-corrected chi connectivity index (χ3v) is 7.01. The van der Waals surface area contributed by atoms with Crippen molar-refractivity contribution < 1.29 is 28.6 Å². The molecular formula is C26H32Cl2N2O6. The number of imidazole rings is 1. The average molecular weight is 539 g/mol. The topological polar surface area (TPSA) is 96.7 Å². The molecule has 1 aromatic carbocycles. The first kappa shape index (κ1) is 28.0. The summed E-state index contributed by atoms with van der Waals surface area (Å²) in [7, 11) is 0. The van der Waals surface area contributed by atoms with Crippen LogP contribution >= 0.6 is 23.2 Å². The van der Waals surface area contributed by atoms with Crippen molar-refractivity contribution in [2.24, 2.45) is 5.41 Å². The van der Waals surface area contributed by atoms with E-state index < -0.39 is 29.2 Å². The van der Waals surface area contributed by atoms with E-state index in [1.54, 1.807) is 32.9 Å². The SMILES string of the molecule is CCOC(=O)C(C(=O)OCC)(C(=O)OCC)C1CCc2nc(C(C)C)n(Cc3ccc(Cl)c(Cl)c3)c21. The highest BCUT2D eigenvalue weighted by atomic mass is 35.5. The van der Waals surface area contributed by atoms with E-state index in [1.807, 2.05) is 24.5 Å². The fourth-order valence-corrected chi connectivity index (χ4v) is 5.11. The molecule has 8 nitrogen and oxygen atoms in total. The first-order valence-electron chi connectivity index (χ1n) is 12.2. The molecule has 2 aromatic rings. The molecule has 0 spiro atoms. The highest BCUT2D eigenvalue weighted by Gasteiger charge is 2.65. The molecule has 36 heavy (non-hydrogen) atoms. The van der Waals surface area contributed by atoms with Crippen LogP contribution in [0.2, 0.25) is 10.0 Å². The minimum Gasteiger partial charge on any atom is -0.465 e. The average Bonchev–Trinajstić information content (AvgIpc) is 3.38. The Labute approximate surface area is 221 Å². The second kappa shape index (κ2) is 11.6. The zero-order valence-electron chi connectivity index (χ0n) is 21.2. The maximum Gasteiger partial charge on any atom is 0.335 e. The van der Waals surface area contributed by atoms with E-state index in [2.05, 4.69) is 0 Å². The lowest BCUT2D eigenvalue weighted by molar-refractivity contribution is -0.186. The van der Waals surface area contributed by atoms with Crippen LogP contribution in [0, 0.1) is 5.41 Å². The van der Waals surface area contributed by atoms with Crippen molar-refractivity contribution in [2.75, 3.05) is 19.8 Å². The molecule has 1 aliphatic carbocycles. The Morgan fingerprint density at radius 2 is 1.56 bits per heavy atom. The first-order valence-corrected chi connectivity index (χ1v) is 12.9. The van der Waals surface area contributed by atoms with Gasteiger partial charge in [-0.1, -0.05) is 43.1 Å². The smallest absolute Gasteiger partial charge is 0.335 e. The van der Waals surface area contributed by atoms with Crippen LogP contribution in [0.3, 0.4) is 0 Å². The van der Waals surface area contributed by atoms with Gasteiger partial charge in [0.2, 0.25) is 0 Å². The first-order chi connectivity index (χ1) is 17.1. The zero-order chi connectivity index (χ0) is 26.6. The number of aromatic nitrogens is 2. The highest BCUT2D eigenvalue weighted by molar-refractivity contribution is 6.42. The third-order valence-electron chi connectivity index (χ3n) is 6.27. The van der Waals surface area contributed by atoms with Gasteiger partial charge in [-0.05, 0) is 51.3 Å². The van der Waals surface area contributed by atoms with E-state index in [9.17, 15) is 14.4 Å². The molecule has 196 valence electrons. The summed E-state index contributed by atoms with van der Waals surface area (Å²) < 4.78 is 17.9. The van der Waals surface area contributed by atoms with Crippen molar-refractivity contribution in [3.05, 3.63) is 51.0 Å². The Bertz CT molecular complexity index is 1100. The van der Waals surface area contributed by atoms with Crippen LogP contribution in [-0.2, 0) is 41.6 Å². The molecule has 1 aliphatic rings. The van der Waals surface area contributed by atoms with Crippen molar-refractivity contribution in [2.45, 2.75) is 65.8 Å². The molecule has 1 aromatic heterocycles. The van der Waals surface area contributed by atoms with Crippen molar-refractivity contribution in [3.8, 4) is 0 Å². The summed E-state index contributed by atoms with van der Waals surface area (Å²) in [6.07, 6.45) is 0.807. The Morgan fingerprint density at radius 3 is 2.03 bits per heavy atom. The number of carbonyl (C=O) groups is 3. The minimum atomic E-state index is -2.31. The molecule has 3 rings (SSSR count). The van der Waals surface area contributed by atoms with Gasteiger partial charge in [0.15, 0.2) is 0 Å². The number of halogens is 2. The molecule has 0 saturated carbocycles. The van der Waals surface area contributed by atoms with Gasteiger partial charge in [-0.2, -0.15) is 0 Å². The number of aryl methyl sites for hydroxylation is 1. The molecule has 10 heteroatoms. The fraction of sp³-hybridized carbons (Fsp3) is 0.538. The van der Waals surface area contributed by atoms with E-state index in [-0.39, 0.29) is 25.7 Å². The van der Waals surface area contributed by atoms with Crippen LogP contribution in [-0.4, -0.2) is 47.3 Å². The van der Waals surface area contributed by atoms with Crippen LogP contribution in [0.25, 0.3) is 0 Å². The van der Waals surface area contributed by atoms with Crippen molar-refractivity contribution in [3.63, 3.8) is 0 Å². The molecule has 0 fully saturated rings. The zero-order valence-corrected chi connectivity index (χ0v) is 22.7. The second-order valence-corrected chi connectivity index (χ2v) is 9.67. The molecule has 1 heterocycles. The van der Waals surface area contributed by atoms with Crippen LogP contribution in [0.4, 0.5) is 0 Å². The standard InChI is InChI=1S/C26H32Cl2N2O6/c1-6-34-23(31)26(24(32)35-7-2,25(33)36-8-3)17-10-12-20-21(17)30(22(29-20)15(4)5)14-16-9-11-18(27)19(28)13-16/h9,11,13,15,17H,6-8,10,12,14H2,1-5H3. The Hall–Kier alpha value is -2.58. The molecule has 1 unspecified atom stereocenters. The van der Waals surface area contributed by atoms with Crippen molar-refractivity contribution >= 4 is 41.1 Å². The van der Waals surface area contributed by atoms with Gasteiger partial charge in [0.1, 0.15) is 5.82 Å². The number of esters is 3.